The van der Waals surface area contributed by atoms with E-state index in [9.17, 15) is 14.7 Å². The fourth-order valence-corrected chi connectivity index (χ4v) is 4.82. The van der Waals surface area contributed by atoms with Gasteiger partial charge in [0.05, 0.1) is 0 Å². The van der Waals surface area contributed by atoms with Gasteiger partial charge < -0.3 is 15.0 Å². The van der Waals surface area contributed by atoms with Crippen LogP contribution >= 0.6 is 23.4 Å². The third kappa shape index (κ3) is 6.27. The Bertz CT molecular complexity index is 1220. The molecule has 0 atom stereocenters. The van der Waals surface area contributed by atoms with E-state index in [1.165, 1.54) is 11.8 Å². The van der Waals surface area contributed by atoms with Crippen LogP contribution < -0.4 is 5.32 Å². The van der Waals surface area contributed by atoms with Gasteiger partial charge in [-0.3, -0.25) is 9.59 Å². The Morgan fingerprint density at radius 2 is 1.80 bits per heavy atom. The minimum atomic E-state index is -0.930. The lowest BCUT2D eigenvalue weighted by Gasteiger charge is -2.18. The second-order valence-electron chi connectivity index (χ2n) is 9.04. The van der Waals surface area contributed by atoms with Gasteiger partial charge in [0.1, 0.15) is 16.3 Å². The van der Waals surface area contributed by atoms with Gasteiger partial charge >= 0.3 is 5.97 Å². The summed E-state index contributed by atoms with van der Waals surface area (Å²) in [7, 11) is 0. The molecular weight excluding hydrogens is 482 g/mol. The van der Waals surface area contributed by atoms with Crippen LogP contribution in [0.4, 0.5) is 5.69 Å². The zero-order valence-electron chi connectivity index (χ0n) is 20.8. The van der Waals surface area contributed by atoms with E-state index in [1.807, 2.05) is 44.2 Å². The number of imidazole rings is 1. The smallest absolute Gasteiger partial charge is 0.319 e. The molecule has 0 aliphatic heterocycles. The van der Waals surface area contributed by atoms with Crippen LogP contribution in [0.25, 0.3) is 11.4 Å². The van der Waals surface area contributed by atoms with Crippen molar-refractivity contribution in [3.05, 3.63) is 64.4 Å². The number of carboxylic acids is 1. The summed E-state index contributed by atoms with van der Waals surface area (Å²) in [5.41, 5.74) is 3.52. The van der Waals surface area contributed by atoms with E-state index >= 15 is 0 Å². The highest BCUT2D eigenvalue weighted by molar-refractivity contribution is 8.01. The molecule has 6 nitrogen and oxygen atoms in total. The van der Waals surface area contributed by atoms with E-state index in [2.05, 4.69) is 16.8 Å². The van der Waals surface area contributed by atoms with Crippen LogP contribution in [0.5, 0.6) is 0 Å². The number of carbonyl (C=O) groups is 2. The van der Waals surface area contributed by atoms with Gasteiger partial charge in [-0.1, -0.05) is 49.6 Å². The van der Waals surface area contributed by atoms with E-state index in [1.54, 1.807) is 26.0 Å². The van der Waals surface area contributed by atoms with Crippen molar-refractivity contribution in [1.82, 2.24) is 9.55 Å². The molecule has 0 aliphatic rings. The largest absolute Gasteiger partial charge is 0.480 e. The number of anilines is 1. The fourth-order valence-electron chi connectivity index (χ4n) is 3.70. The first-order valence-corrected chi connectivity index (χ1v) is 12.9. The number of halogens is 1. The minimum Gasteiger partial charge on any atom is -0.480 e. The van der Waals surface area contributed by atoms with Gasteiger partial charge in [-0.25, -0.2) is 4.98 Å². The van der Waals surface area contributed by atoms with Gasteiger partial charge in [-0.2, -0.15) is 0 Å². The van der Waals surface area contributed by atoms with Gasteiger partial charge in [-0.15, -0.1) is 11.8 Å². The van der Waals surface area contributed by atoms with Gasteiger partial charge in [0.15, 0.2) is 0 Å². The van der Waals surface area contributed by atoms with Gasteiger partial charge in [0, 0.05) is 33.4 Å². The van der Waals surface area contributed by atoms with Crippen LogP contribution in [0, 0.1) is 13.8 Å². The average Bonchev–Trinajstić information content (AvgIpc) is 3.13. The molecule has 3 aromatic rings. The summed E-state index contributed by atoms with van der Waals surface area (Å²) in [5.74, 6) is -0.418. The Labute approximate surface area is 216 Å². The molecule has 3 rings (SSSR count). The summed E-state index contributed by atoms with van der Waals surface area (Å²) >= 11 is 7.51. The molecule has 0 saturated carbocycles. The van der Waals surface area contributed by atoms with Crippen molar-refractivity contribution in [3.8, 4) is 11.4 Å². The van der Waals surface area contributed by atoms with Crippen molar-refractivity contribution in [2.45, 2.75) is 70.1 Å². The monoisotopic (exact) mass is 513 g/mol. The molecular formula is C27H32ClN3O3S. The molecule has 2 aromatic carbocycles. The highest BCUT2D eigenvalue weighted by Crippen LogP contribution is 2.34. The lowest BCUT2D eigenvalue weighted by atomic mass is 10.2. The van der Waals surface area contributed by atoms with Gasteiger partial charge in [-0.05, 0) is 63.9 Å². The van der Waals surface area contributed by atoms with E-state index in [0.29, 0.717) is 16.4 Å². The number of unbranched alkanes of at least 4 members (excludes halogenated alkanes) is 2. The molecule has 35 heavy (non-hydrogen) atoms. The van der Waals surface area contributed by atoms with Crippen molar-refractivity contribution in [1.29, 1.82) is 0 Å². The first-order chi connectivity index (χ1) is 16.5. The predicted octanol–water partition coefficient (Wildman–Crippen LogP) is 7.22. The number of nitrogens with zero attached hydrogens (tertiary/aromatic N) is 2. The molecule has 0 fully saturated rings. The van der Waals surface area contributed by atoms with E-state index < -0.39 is 10.7 Å². The van der Waals surface area contributed by atoms with Crippen LogP contribution in [0.3, 0.4) is 0 Å². The standard InChI is InChI=1S/C27H32ClN3O3S/c1-6-7-8-16-31-18(3)23(25(32)29-22-11-9-10-21(28)17(22)2)30-24(31)19-12-14-20(15-13-19)35-27(4,5)26(33)34/h9-15H,6-8,16H2,1-5H3,(H,29,32)(H,33,34). The second kappa shape index (κ2) is 11.3. The number of rotatable bonds is 10. The summed E-state index contributed by atoms with van der Waals surface area (Å²) < 4.78 is 1.17. The molecule has 0 saturated heterocycles. The average molecular weight is 514 g/mol. The van der Waals surface area contributed by atoms with Crippen molar-refractivity contribution in [3.63, 3.8) is 0 Å². The third-order valence-corrected chi connectivity index (χ3v) is 7.54. The van der Waals surface area contributed by atoms with Crippen LogP contribution in [-0.4, -0.2) is 31.3 Å². The van der Waals surface area contributed by atoms with E-state index in [-0.39, 0.29) is 5.91 Å². The van der Waals surface area contributed by atoms with E-state index in [0.717, 1.165) is 53.3 Å². The molecule has 1 aromatic heterocycles. The first kappa shape index (κ1) is 26.8. The summed E-state index contributed by atoms with van der Waals surface area (Å²) in [5, 5.41) is 13.0. The SMILES string of the molecule is CCCCCn1c(-c2ccc(SC(C)(C)C(=O)O)cc2)nc(C(=O)Nc2cccc(Cl)c2C)c1C. The number of benzene rings is 2. The fraction of sp³-hybridized carbons (Fsp3) is 0.370. The number of hydrogen-bond acceptors (Lipinski definition) is 4. The highest BCUT2D eigenvalue weighted by Gasteiger charge is 2.28. The molecule has 0 unspecified atom stereocenters. The van der Waals surface area contributed by atoms with Crippen LogP contribution in [0.2, 0.25) is 5.02 Å². The maximum atomic E-state index is 13.2. The Hall–Kier alpha value is -2.77. The second-order valence-corrected chi connectivity index (χ2v) is 11.1. The number of amides is 1. The third-order valence-electron chi connectivity index (χ3n) is 5.94. The van der Waals surface area contributed by atoms with Crippen molar-refractivity contribution < 1.29 is 14.7 Å². The molecule has 8 heteroatoms. The lowest BCUT2D eigenvalue weighted by Crippen LogP contribution is -2.26. The number of carboxylic acid groups (broad SMARTS) is 1. The van der Waals surface area contributed by atoms with Crippen molar-refractivity contribution in [2.75, 3.05) is 5.32 Å². The number of thioether (sulfide) groups is 1. The summed E-state index contributed by atoms with van der Waals surface area (Å²) in [6.07, 6.45) is 3.16. The molecule has 0 aliphatic carbocycles. The number of aromatic nitrogens is 2. The molecule has 0 radical (unpaired) electrons. The van der Waals surface area contributed by atoms with Crippen LogP contribution in [-0.2, 0) is 11.3 Å². The topological polar surface area (TPSA) is 84.2 Å². The van der Waals surface area contributed by atoms with Crippen molar-refractivity contribution in [2.24, 2.45) is 0 Å². The first-order valence-electron chi connectivity index (χ1n) is 11.7. The van der Waals surface area contributed by atoms with Crippen LogP contribution in [0.1, 0.15) is 61.8 Å². The molecule has 0 bridgehead atoms. The Morgan fingerprint density at radius 1 is 1.11 bits per heavy atom. The number of nitrogens with one attached hydrogen (secondary N) is 1. The summed E-state index contributed by atoms with van der Waals surface area (Å²) in [6, 6.07) is 13.1. The predicted molar refractivity (Wildman–Crippen MR) is 144 cm³/mol. The molecule has 1 heterocycles. The molecule has 0 spiro atoms. The lowest BCUT2D eigenvalue weighted by molar-refractivity contribution is -0.138. The minimum absolute atomic E-state index is 0.279. The Kier molecular flexibility index (Phi) is 8.67. The zero-order chi connectivity index (χ0) is 25.8. The number of hydrogen-bond donors (Lipinski definition) is 2. The number of carbonyl (C=O) groups excluding carboxylic acids is 1. The van der Waals surface area contributed by atoms with Crippen LogP contribution in [0.15, 0.2) is 47.4 Å². The Morgan fingerprint density at radius 3 is 2.43 bits per heavy atom. The number of aliphatic carboxylic acids is 1. The summed E-state index contributed by atoms with van der Waals surface area (Å²) in [6.45, 7) is 10.1. The molecule has 186 valence electrons. The van der Waals surface area contributed by atoms with E-state index in [4.69, 9.17) is 16.6 Å². The van der Waals surface area contributed by atoms with Gasteiger partial charge in [0.2, 0.25) is 0 Å². The highest BCUT2D eigenvalue weighted by atomic mass is 35.5. The van der Waals surface area contributed by atoms with Gasteiger partial charge in [0.25, 0.3) is 5.91 Å². The maximum absolute atomic E-state index is 13.2. The Balaban J connectivity index is 1.94. The molecule has 2 N–H and O–H groups in total. The summed E-state index contributed by atoms with van der Waals surface area (Å²) in [4.78, 5) is 30.3. The maximum Gasteiger partial charge on any atom is 0.319 e. The normalized spacial score (nSPS) is 11.5. The molecule has 1 amide bonds. The van der Waals surface area contributed by atoms with Crippen molar-refractivity contribution >= 4 is 40.9 Å². The quantitative estimate of drug-likeness (QED) is 0.221. The zero-order valence-corrected chi connectivity index (χ0v) is 22.4.